The molecule has 3 aromatic rings. The van der Waals surface area contributed by atoms with Crippen molar-refractivity contribution in [1.29, 1.82) is 0 Å². The van der Waals surface area contributed by atoms with Crippen LogP contribution in [0.4, 0.5) is 0 Å². The highest BCUT2D eigenvalue weighted by atomic mass is 16.5. The lowest BCUT2D eigenvalue weighted by molar-refractivity contribution is 0.0980. The Balaban J connectivity index is 1.72. The van der Waals surface area contributed by atoms with Crippen molar-refractivity contribution < 1.29 is 9.53 Å². The molecule has 0 aliphatic carbocycles. The van der Waals surface area contributed by atoms with Gasteiger partial charge in [-0.05, 0) is 56.0 Å². The Labute approximate surface area is 170 Å². The van der Waals surface area contributed by atoms with E-state index >= 15 is 0 Å². The van der Waals surface area contributed by atoms with Crippen LogP contribution < -0.4 is 10.3 Å². The van der Waals surface area contributed by atoms with Crippen LogP contribution in [0.15, 0.2) is 53.6 Å². The molecule has 2 heterocycles. The molecular weight excluding hydrogens is 364 g/mol. The Morgan fingerprint density at radius 3 is 2.76 bits per heavy atom. The number of Topliss-reactive ketones (excluding diaryl/α,β-unsaturated/α-hetero) is 1. The quantitative estimate of drug-likeness (QED) is 0.574. The lowest BCUT2D eigenvalue weighted by atomic mass is 9.99. The van der Waals surface area contributed by atoms with Crippen molar-refractivity contribution >= 4 is 5.78 Å². The van der Waals surface area contributed by atoms with Gasteiger partial charge in [-0.25, -0.2) is 0 Å². The number of rotatable bonds is 8. The van der Waals surface area contributed by atoms with Crippen molar-refractivity contribution in [2.75, 3.05) is 7.11 Å². The molecular formula is C24H26N2O3. The van der Waals surface area contributed by atoms with E-state index in [9.17, 15) is 9.59 Å². The third-order valence-corrected chi connectivity index (χ3v) is 5.07. The summed E-state index contributed by atoms with van der Waals surface area (Å²) >= 11 is 0. The summed E-state index contributed by atoms with van der Waals surface area (Å²) in [5.41, 5.74) is 4.92. The second kappa shape index (κ2) is 9.32. The van der Waals surface area contributed by atoms with E-state index in [1.807, 2.05) is 50.2 Å². The van der Waals surface area contributed by atoms with Crippen molar-refractivity contribution in [3.8, 4) is 16.9 Å². The maximum atomic E-state index is 12.7. The summed E-state index contributed by atoms with van der Waals surface area (Å²) in [5, 5.41) is 0. The molecule has 3 rings (SSSR count). The van der Waals surface area contributed by atoms with Gasteiger partial charge in [-0.15, -0.1) is 0 Å². The summed E-state index contributed by atoms with van der Waals surface area (Å²) in [6.07, 6.45) is 6.02. The number of nitrogens with zero attached hydrogens (tertiary/aromatic N) is 1. The Hall–Kier alpha value is -3.21. The first-order valence-electron chi connectivity index (χ1n) is 9.86. The third-order valence-electron chi connectivity index (χ3n) is 5.07. The molecule has 1 aromatic carbocycles. The van der Waals surface area contributed by atoms with Crippen LogP contribution in [0.3, 0.4) is 0 Å². The second-order valence-electron chi connectivity index (χ2n) is 7.11. The molecule has 29 heavy (non-hydrogen) atoms. The Kier molecular flexibility index (Phi) is 6.60. The van der Waals surface area contributed by atoms with Gasteiger partial charge in [0.2, 0.25) is 0 Å². The first kappa shape index (κ1) is 20.5. The Morgan fingerprint density at radius 2 is 2.00 bits per heavy atom. The van der Waals surface area contributed by atoms with Crippen molar-refractivity contribution in [2.45, 2.75) is 39.5 Å². The van der Waals surface area contributed by atoms with Gasteiger partial charge < -0.3 is 9.72 Å². The molecule has 0 saturated carbocycles. The van der Waals surface area contributed by atoms with Gasteiger partial charge in [-0.3, -0.25) is 14.6 Å². The van der Waals surface area contributed by atoms with Gasteiger partial charge in [0, 0.05) is 46.8 Å². The predicted molar refractivity (Wildman–Crippen MR) is 115 cm³/mol. The van der Waals surface area contributed by atoms with E-state index in [0.717, 1.165) is 46.5 Å². The van der Waals surface area contributed by atoms with Gasteiger partial charge in [-0.1, -0.05) is 19.1 Å². The fraction of sp³-hybridized carbons (Fsp3) is 0.292. The monoisotopic (exact) mass is 390 g/mol. The number of pyridine rings is 2. The number of hydrogen-bond donors (Lipinski definition) is 1. The fourth-order valence-electron chi connectivity index (χ4n) is 3.39. The molecule has 5 nitrogen and oxygen atoms in total. The molecule has 0 radical (unpaired) electrons. The summed E-state index contributed by atoms with van der Waals surface area (Å²) in [5.74, 6) is 0.897. The molecule has 5 heteroatoms. The number of carbonyl (C=O) groups excluding carboxylic acids is 1. The number of aromatic amines is 1. The SMILES string of the molecule is CCc1cc(-c2cncc(C(=O)CCCc3cccc(OC)c3)c2)c(C)[nH]c1=O. The topological polar surface area (TPSA) is 72.0 Å². The average molecular weight is 390 g/mol. The minimum absolute atomic E-state index is 0.0634. The van der Waals surface area contributed by atoms with Crippen LogP contribution in [-0.2, 0) is 12.8 Å². The lowest BCUT2D eigenvalue weighted by Crippen LogP contribution is -2.13. The van der Waals surface area contributed by atoms with Crippen molar-refractivity contribution in [3.63, 3.8) is 0 Å². The number of nitrogens with one attached hydrogen (secondary N) is 1. The third kappa shape index (κ3) is 4.99. The van der Waals surface area contributed by atoms with Crippen LogP contribution >= 0.6 is 0 Å². The van der Waals surface area contributed by atoms with Gasteiger partial charge in [-0.2, -0.15) is 0 Å². The number of aromatic nitrogens is 2. The molecule has 150 valence electrons. The molecule has 0 unspecified atom stereocenters. The standard InChI is InChI=1S/C24H26N2O3/c1-4-18-13-22(16(2)26-24(18)28)19-12-20(15-25-14-19)23(27)10-6-8-17-7-5-9-21(11-17)29-3/h5,7,9,11-15H,4,6,8,10H2,1-3H3,(H,26,28). The predicted octanol–water partition coefficient (Wildman–Crippen LogP) is 4.52. The van der Waals surface area contributed by atoms with Gasteiger partial charge >= 0.3 is 0 Å². The molecule has 0 spiro atoms. The van der Waals surface area contributed by atoms with E-state index in [-0.39, 0.29) is 11.3 Å². The first-order valence-corrected chi connectivity index (χ1v) is 9.86. The number of carbonyl (C=O) groups is 1. The van der Waals surface area contributed by atoms with E-state index in [1.54, 1.807) is 19.5 Å². The van der Waals surface area contributed by atoms with Crippen LogP contribution in [-0.4, -0.2) is 22.9 Å². The Bertz CT molecular complexity index is 1070. The summed E-state index contributed by atoms with van der Waals surface area (Å²) in [4.78, 5) is 31.8. The highest BCUT2D eigenvalue weighted by Gasteiger charge is 2.11. The molecule has 0 atom stereocenters. The van der Waals surface area contributed by atoms with Gasteiger partial charge in [0.05, 0.1) is 7.11 Å². The number of aryl methyl sites for hydroxylation is 3. The molecule has 0 amide bonds. The maximum Gasteiger partial charge on any atom is 0.251 e. The minimum atomic E-state index is -0.0634. The first-order chi connectivity index (χ1) is 14.0. The molecule has 0 aliphatic heterocycles. The zero-order valence-electron chi connectivity index (χ0n) is 17.1. The number of ketones is 1. The van der Waals surface area contributed by atoms with Crippen molar-refractivity contribution in [2.24, 2.45) is 0 Å². The summed E-state index contributed by atoms with van der Waals surface area (Å²) in [6, 6.07) is 11.7. The number of H-pyrrole nitrogens is 1. The van der Waals surface area contributed by atoms with Crippen LogP contribution in [0.2, 0.25) is 0 Å². The van der Waals surface area contributed by atoms with Gasteiger partial charge in [0.15, 0.2) is 5.78 Å². The fourth-order valence-corrected chi connectivity index (χ4v) is 3.39. The van der Waals surface area contributed by atoms with E-state index in [2.05, 4.69) is 9.97 Å². The van der Waals surface area contributed by atoms with Crippen LogP contribution in [0.25, 0.3) is 11.1 Å². The number of hydrogen-bond acceptors (Lipinski definition) is 4. The smallest absolute Gasteiger partial charge is 0.251 e. The van der Waals surface area contributed by atoms with E-state index < -0.39 is 0 Å². The van der Waals surface area contributed by atoms with Crippen LogP contribution in [0.1, 0.15) is 46.9 Å². The normalized spacial score (nSPS) is 10.7. The number of methoxy groups -OCH3 is 1. The molecule has 0 saturated heterocycles. The van der Waals surface area contributed by atoms with Crippen LogP contribution in [0.5, 0.6) is 5.75 Å². The van der Waals surface area contributed by atoms with E-state index in [4.69, 9.17) is 4.74 Å². The highest BCUT2D eigenvalue weighted by Crippen LogP contribution is 2.23. The zero-order valence-corrected chi connectivity index (χ0v) is 17.1. The molecule has 0 fully saturated rings. The zero-order chi connectivity index (χ0) is 20.8. The lowest BCUT2D eigenvalue weighted by Gasteiger charge is -2.09. The summed E-state index contributed by atoms with van der Waals surface area (Å²) in [6.45, 7) is 3.81. The molecule has 0 bridgehead atoms. The highest BCUT2D eigenvalue weighted by molar-refractivity contribution is 5.96. The van der Waals surface area contributed by atoms with E-state index in [1.165, 1.54) is 0 Å². The number of ether oxygens (including phenoxy) is 1. The van der Waals surface area contributed by atoms with Gasteiger partial charge in [0.1, 0.15) is 5.75 Å². The van der Waals surface area contributed by atoms with Crippen molar-refractivity contribution in [1.82, 2.24) is 9.97 Å². The minimum Gasteiger partial charge on any atom is -0.497 e. The second-order valence-corrected chi connectivity index (χ2v) is 7.11. The van der Waals surface area contributed by atoms with E-state index in [0.29, 0.717) is 18.4 Å². The molecule has 2 aromatic heterocycles. The molecule has 0 aliphatic rings. The summed E-state index contributed by atoms with van der Waals surface area (Å²) in [7, 11) is 1.65. The van der Waals surface area contributed by atoms with Crippen molar-refractivity contribution in [3.05, 3.63) is 81.5 Å². The largest absolute Gasteiger partial charge is 0.497 e. The Morgan fingerprint density at radius 1 is 1.17 bits per heavy atom. The summed E-state index contributed by atoms with van der Waals surface area (Å²) < 4.78 is 5.24. The average Bonchev–Trinajstić information content (AvgIpc) is 2.74. The van der Waals surface area contributed by atoms with Gasteiger partial charge in [0.25, 0.3) is 5.56 Å². The molecule has 1 N–H and O–H groups in total. The number of benzene rings is 1. The maximum absolute atomic E-state index is 12.7. The van der Waals surface area contributed by atoms with Crippen LogP contribution in [0, 0.1) is 6.92 Å².